The number of halogens is 3. The van der Waals surface area contributed by atoms with E-state index in [-0.39, 0.29) is 12.0 Å². The van der Waals surface area contributed by atoms with Gasteiger partial charge in [-0.25, -0.2) is 0 Å². The van der Waals surface area contributed by atoms with Crippen molar-refractivity contribution in [2.24, 2.45) is 11.7 Å². The third-order valence-electron chi connectivity index (χ3n) is 3.28. The van der Waals surface area contributed by atoms with Crippen LogP contribution in [0.5, 0.6) is 0 Å². The second-order valence-corrected chi connectivity index (χ2v) is 4.39. The van der Waals surface area contributed by atoms with Crippen molar-refractivity contribution in [1.29, 1.82) is 0 Å². The van der Waals surface area contributed by atoms with Crippen molar-refractivity contribution in [2.75, 3.05) is 6.54 Å². The maximum atomic E-state index is 12.5. The lowest BCUT2D eigenvalue weighted by molar-refractivity contribution is -0.237. The smallest absolute Gasteiger partial charge is 0.364 e. The molecule has 16 heavy (non-hydrogen) atoms. The van der Waals surface area contributed by atoms with E-state index in [2.05, 4.69) is 0 Å². The van der Waals surface area contributed by atoms with Crippen LogP contribution in [0, 0.1) is 5.92 Å². The molecule has 0 heterocycles. The standard InChI is InChI=1S/C11H20F3NO/c1-2-8-5-3-4-6-9(8)16-10(7-15)11(12,13)14/h8-10H,2-7,15H2,1H3. The van der Waals surface area contributed by atoms with Gasteiger partial charge in [0.1, 0.15) is 0 Å². The molecule has 0 saturated heterocycles. The van der Waals surface area contributed by atoms with E-state index in [4.69, 9.17) is 10.5 Å². The zero-order valence-corrected chi connectivity index (χ0v) is 9.59. The Labute approximate surface area is 94.3 Å². The fraction of sp³-hybridized carbons (Fsp3) is 1.00. The molecule has 0 aromatic carbocycles. The molecular weight excluding hydrogens is 219 g/mol. The monoisotopic (exact) mass is 239 g/mol. The zero-order valence-electron chi connectivity index (χ0n) is 9.59. The first-order valence-electron chi connectivity index (χ1n) is 5.91. The Kier molecular flexibility index (Phi) is 5.05. The van der Waals surface area contributed by atoms with Gasteiger partial charge in [-0.05, 0) is 18.8 Å². The summed E-state index contributed by atoms with van der Waals surface area (Å²) in [5.74, 6) is 0.255. The summed E-state index contributed by atoms with van der Waals surface area (Å²) >= 11 is 0. The van der Waals surface area contributed by atoms with Crippen LogP contribution in [-0.4, -0.2) is 24.9 Å². The van der Waals surface area contributed by atoms with Crippen LogP contribution in [0.25, 0.3) is 0 Å². The molecule has 0 aliphatic heterocycles. The Morgan fingerprint density at radius 2 is 1.94 bits per heavy atom. The summed E-state index contributed by atoms with van der Waals surface area (Å²) in [6, 6.07) is 0. The van der Waals surface area contributed by atoms with Crippen molar-refractivity contribution in [3.63, 3.8) is 0 Å². The zero-order chi connectivity index (χ0) is 12.2. The van der Waals surface area contributed by atoms with Gasteiger partial charge in [0.15, 0.2) is 6.10 Å². The fourth-order valence-electron chi connectivity index (χ4n) is 2.30. The van der Waals surface area contributed by atoms with Crippen LogP contribution in [0.2, 0.25) is 0 Å². The highest BCUT2D eigenvalue weighted by atomic mass is 19.4. The second kappa shape index (κ2) is 5.87. The molecule has 1 aliphatic carbocycles. The van der Waals surface area contributed by atoms with Gasteiger partial charge in [-0.2, -0.15) is 13.2 Å². The van der Waals surface area contributed by atoms with Crippen LogP contribution in [0.1, 0.15) is 39.0 Å². The molecule has 0 radical (unpaired) electrons. The molecule has 0 amide bonds. The minimum atomic E-state index is -4.34. The van der Waals surface area contributed by atoms with E-state index < -0.39 is 18.8 Å². The Balaban J connectivity index is 2.55. The molecule has 1 fully saturated rings. The van der Waals surface area contributed by atoms with Crippen molar-refractivity contribution in [2.45, 2.75) is 57.4 Å². The van der Waals surface area contributed by atoms with Crippen molar-refractivity contribution in [3.05, 3.63) is 0 Å². The van der Waals surface area contributed by atoms with Crippen LogP contribution < -0.4 is 5.73 Å². The molecular formula is C11H20F3NO. The van der Waals surface area contributed by atoms with E-state index in [0.29, 0.717) is 0 Å². The molecule has 96 valence electrons. The van der Waals surface area contributed by atoms with Crippen LogP contribution in [0.15, 0.2) is 0 Å². The van der Waals surface area contributed by atoms with E-state index in [1.807, 2.05) is 6.92 Å². The molecule has 1 rings (SSSR count). The summed E-state index contributed by atoms with van der Waals surface area (Å²) in [5.41, 5.74) is 5.12. The molecule has 2 nitrogen and oxygen atoms in total. The number of rotatable bonds is 4. The third kappa shape index (κ3) is 3.63. The molecule has 3 atom stereocenters. The van der Waals surface area contributed by atoms with Crippen LogP contribution in [0.3, 0.4) is 0 Å². The lowest BCUT2D eigenvalue weighted by atomic mass is 9.84. The van der Waals surface area contributed by atoms with E-state index in [1.165, 1.54) is 0 Å². The van der Waals surface area contributed by atoms with E-state index in [9.17, 15) is 13.2 Å². The fourth-order valence-corrected chi connectivity index (χ4v) is 2.30. The molecule has 0 aromatic heterocycles. The van der Waals surface area contributed by atoms with Gasteiger partial charge in [-0.1, -0.05) is 26.2 Å². The largest absolute Gasteiger partial charge is 0.415 e. The molecule has 0 bridgehead atoms. The summed E-state index contributed by atoms with van der Waals surface area (Å²) < 4.78 is 42.7. The lowest BCUT2D eigenvalue weighted by Crippen LogP contribution is -2.43. The first-order chi connectivity index (χ1) is 7.49. The maximum Gasteiger partial charge on any atom is 0.415 e. The molecule has 0 spiro atoms. The quantitative estimate of drug-likeness (QED) is 0.818. The SMILES string of the molecule is CCC1CCCCC1OC(CN)C(F)(F)F. The van der Waals surface area contributed by atoms with Gasteiger partial charge in [-0.15, -0.1) is 0 Å². The van der Waals surface area contributed by atoms with Crippen molar-refractivity contribution >= 4 is 0 Å². The summed E-state index contributed by atoms with van der Waals surface area (Å²) in [5, 5.41) is 0. The van der Waals surface area contributed by atoms with Crippen LogP contribution in [0.4, 0.5) is 13.2 Å². The average molecular weight is 239 g/mol. The maximum absolute atomic E-state index is 12.5. The highest BCUT2D eigenvalue weighted by Crippen LogP contribution is 2.32. The van der Waals surface area contributed by atoms with Gasteiger partial charge in [0.2, 0.25) is 0 Å². The minimum Gasteiger partial charge on any atom is -0.364 e. The number of nitrogens with two attached hydrogens (primary N) is 1. The van der Waals surface area contributed by atoms with E-state index in [0.717, 1.165) is 32.1 Å². The van der Waals surface area contributed by atoms with Gasteiger partial charge < -0.3 is 10.5 Å². The van der Waals surface area contributed by atoms with Gasteiger partial charge in [0, 0.05) is 6.54 Å². The first-order valence-corrected chi connectivity index (χ1v) is 5.91. The number of ether oxygens (including phenoxy) is 1. The van der Waals surface area contributed by atoms with E-state index >= 15 is 0 Å². The predicted molar refractivity (Wildman–Crippen MR) is 56.0 cm³/mol. The third-order valence-corrected chi connectivity index (χ3v) is 3.28. The number of alkyl halides is 3. The molecule has 1 aliphatic rings. The number of hydrogen-bond donors (Lipinski definition) is 1. The molecule has 5 heteroatoms. The number of hydrogen-bond acceptors (Lipinski definition) is 2. The topological polar surface area (TPSA) is 35.2 Å². The summed E-state index contributed by atoms with van der Waals surface area (Å²) in [4.78, 5) is 0. The van der Waals surface area contributed by atoms with Crippen molar-refractivity contribution in [3.8, 4) is 0 Å². The Morgan fingerprint density at radius 1 is 1.31 bits per heavy atom. The molecule has 0 aromatic rings. The van der Waals surface area contributed by atoms with Crippen LogP contribution >= 0.6 is 0 Å². The first kappa shape index (κ1) is 13.8. The van der Waals surface area contributed by atoms with Gasteiger partial charge in [0.25, 0.3) is 0 Å². The lowest BCUT2D eigenvalue weighted by Gasteiger charge is -2.34. The highest BCUT2D eigenvalue weighted by molar-refractivity contribution is 4.79. The Morgan fingerprint density at radius 3 is 2.44 bits per heavy atom. The second-order valence-electron chi connectivity index (χ2n) is 4.39. The minimum absolute atomic E-state index is 0.255. The molecule has 1 saturated carbocycles. The average Bonchev–Trinajstić information content (AvgIpc) is 2.24. The van der Waals surface area contributed by atoms with Gasteiger partial charge >= 0.3 is 6.18 Å². The van der Waals surface area contributed by atoms with Crippen molar-refractivity contribution in [1.82, 2.24) is 0 Å². The summed E-state index contributed by atoms with van der Waals surface area (Å²) in [6.07, 6.45) is -1.79. The van der Waals surface area contributed by atoms with Gasteiger partial charge in [-0.3, -0.25) is 0 Å². The summed E-state index contributed by atoms with van der Waals surface area (Å²) in [6.45, 7) is 1.51. The van der Waals surface area contributed by atoms with Gasteiger partial charge in [0.05, 0.1) is 6.10 Å². The normalized spacial score (nSPS) is 29.1. The predicted octanol–water partition coefficient (Wildman–Crippen LogP) is 2.86. The Hall–Kier alpha value is -0.290. The molecule has 2 N–H and O–H groups in total. The van der Waals surface area contributed by atoms with Crippen LogP contribution in [-0.2, 0) is 4.74 Å². The molecule has 3 unspecified atom stereocenters. The summed E-state index contributed by atoms with van der Waals surface area (Å²) in [7, 11) is 0. The Bertz CT molecular complexity index is 208. The van der Waals surface area contributed by atoms with E-state index in [1.54, 1.807) is 0 Å². The van der Waals surface area contributed by atoms with Crippen molar-refractivity contribution < 1.29 is 17.9 Å². The highest BCUT2D eigenvalue weighted by Gasteiger charge is 2.42.